The fraction of sp³-hybridized carbons (Fsp3) is 0. The van der Waals surface area contributed by atoms with E-state index in [-0.39, 0.29) is 0 Å². The minimum atomic E-state index is 0.500. The molecule has 7 heteroatoms. The van der Waals surface area contributed by atoms with Crippen molar-refractivity contribution >= 4 is 5.69 Å². The molecule has 7 nitrogen and oxygen atoms in total. The minimum absolute atomic E-state index is 0.500. The van der Waals surface area contributed by atoms with Crippen molar-refractivity contribution in [1.82, 2.24) is 20.3 Å². The van der Waals surface area contributed by atoms with E-state index in [2.05, 4.69) is 20.3 Å². The van der Waals surface area contributed by atoms with Crippen LogP contribution in [0.4, 0.5) is 5.69 Å². The molecule has 0 amide bonds. The van der Waals surface area contributed by atoms with Gasteiger partial charge in [-0.2, -0.15) is 5.10 Å². The van der Waals surface area contributed by atoms with Gasteiger partial charge in [0.1, 0.15) is 0 Å². The van der Waals surface area contributed by atoms with Gasteiger partial charge in [0.05, 0.1) is 6.26 Å². The van der Waals surface area contributed by atoms with Crippen LogP contribution in [0.5, 0.6) is 0 Å². The maximum Gasteiger partial charge on any atom is 0.202 e. The van der Waals surface area contributed by atoms with Gasteiger partial charge < -0.3 is 14.7 Å². The second-order valence-electron chi connectivity index (χ2n) is 4.65. The molecule has 4 rings (SSSR count). The molecular formula is C15H11N5O2. The molecule has 0 bridgehead atoms. The van der Waals surface area contributed by atoms with Crippen LogP contribution in [0.15, 0.2) is 57.7 Å². The number of H-pyrrole nitrogens is 1. The highest BCUT2D eigenvalue weighted by molar-refractivity contribution is 5.72. The molecule has 0 fully saturated rings. The van der Waals surface area contributed by atoms with Gasteiger partial charge in [-0.1, -0.05) is 17.3 Å². The van der Waals surface area contributed by atoms with Crippen LogP contribution in [0.25, 0.3) is 34.4 Å². The Hall–Kier alpha value is -3.35. The largest absolute Gasteiger partial charge is 0.461 e. The third-order valence-corrected chi connectivity index (χ3v) is 3.20. The number of benzene rings is 1. The summed E-state index contributed by atoms with van der Waals surface area (Å²) in [5.41, 5.74) is 7.85. The van der Waals surface area contributed by atoms with Crippen molar-refractivity contribution in [2.75, 3.05) is 5.73 Å². The van der Waals surface area contributed by atoms with Crippen molar-refractivity contribution in [3.63, 3.8) is 0 Å². The Bertz CT molecular complexity index is 908. The van der Waals surface area contributed by atoms with Crippen LogP contribution >= 0.6 is 0 Å². The number of nitrogens with zero attached hydrogens (tertiary/aromatic N) is 3. The number of nitrogen functional groups attached to an aromatic ring is 1. The lowest BCUT2D eigenvalue weighted by molar-refractivity contribution is 0.419. The maximum absolute atomic E-state index is 5.93. The van der Waals surface area contributed by atoms with Crippen molar-refractivity contribution in [3.05, 3.63) is 48.7 Å². The van der Waals surface area contributed by atoms with Crippen LogP contribution in [0.1, 0.15) is 0 Å². The summed E-state index contributed by atoms with van der Waals surface area (Å²) in [6.45, 7) is 0. The SMILES string of the molecule is Nc1ccccc1-c1n[nH]c(-c2cc(-c3ccco3)on2)n1. The lowest BCUT2D eigenvalue weighted by Crippen LogP contribution is -1.90. The molecular weight excluding hydrogens is 282 g/mol. The predicted molar refractivity (Wildman–Crippen MR) is 79.4 cm³/mol. The quantitative estimate of drug-likeness (QED) is 0.562. The summed E-state index contributed by atoms with van der Waals surface area (Å²) >= 11 is 0. The van der Waals surface area contributed by atoms with Crippen molar-refractivity contribution in [2.24, 2.45) is 0 Å². The van der Waals surface area contributed by atoms with E-state index in [0.29, 0.717) is 34.6 Å². The first-order valence-electron chi connectivity index (χ1n) is 6.59. The molecule has 3 N–H and O–H groups in total. The normalized spacial score (nSPS) is 10.9. The Balaban J connectivity index is 1.69. The highest BCUT2D eigenvalue weighted by atomic mass is 16.5. The fourth-order valence-electron chi connectivity index (χ4n) is 2.12. The zero-order chi connectivity index (χ0) is 14.9. The molecule has 0 radical (unpaired) electrons. The average molecular weight is 293 g/mol. The Morgan fingerprint density at radius 2 is 1.95 bits per heavy atom. The summed E-state index contributed by atoms with van der Waals surface area (Å²) in [6, 6.07) is 12.7. The fourth-order valence-corrected chi connectivity index (χ4v) is 2.12. The van der Waals surface area contributed by atoms with Crippen molar-refractivity contribution in [3.8, 4) is 34.4 Å². The van der Waals surface area contributed by atoms with Gasteiger partial charge in [0.25, 0.3) is 0 Å². The topological polar surface area (TPSA) is 107 Å². The van der Waals surface area contributed by atoms with Crippen LogP contribution in [-0.4, -0.2) is 20.3 Å². The maximum atomic E-state index is 5.93. The Morgan fingerprint density at radius 1 is 1.05 bits per heavy atom. The first-order chi connectivity index (χ1) is 10.8. The summed E-state index contributed by atoms with van der Waals surface area (Å²) in [5.74, 6) is 2.14. The highest BCUT2D eigenvalue weighted by Crippen LogP contribution is 2.27. The third kappa shape index (κ3) is 2.05. The van der Waals surface area contributed by atoms with Gasteiger partial charge in [-0.05, 0) is 24.3 Å². The number of aromatic nitrogens is 4. The van der Waals surface area contributed by atoms with Gasteiger partial charge >= 0.3 is 0 Å². The molecule has 0 unspecified atom stereocenters. The zero-order valence-corrected chi connectivity index (χ0v) is 11.4. The first kappa shape index (κ1) is 12.4. The number of furan rings is 1. The molecule has 0 aliphatic heterocycles. The van der Waals surface area contributed by atoms with E-state index in [1.54, 1.807) is 30.5 Å². The van der Waals surface area contributed by atoms with Gasteiger partial charge in [-0.3, -0.25) is 5.10 Å². The van der Waals surface area contributed by atoms with Gasteiger partial charge in [0, 0.05) is 17.3 Å². The first-order valence-corrected chi connectivity index (χ1v) is 6.59. The number of aromatic amines is 1. The third-order valence-electron chi connectivity index (χ3n) is 3.20. The summed E-state index contributed by atoms with van der Waals surface area (Å²) < 4.78 is 10.5. The van der Waals surface area contributed by atoms with E-state index < -0.39 is 0 Å². The Kier molecular flexibility index (Phi) is 2.75. The number of hydrogen-bond donors (Lipinski definition) is 2. The lowest BCUT2D eigenvalue weighted by atomic mass is 10.2. The number of nitrogens with one attached hydrogen (secondary N) is 1. The van der Waals surface area contributed by atoms with Gasteiger partial charge in [-0.25, -0.2) is 4.98 Å². The summed E-state index contributed by atoms with van der Waals surface area (Å²) in [5, 5.41) is 11.0. The smallest absolute Gasteiger partial charge is 0.202 e. The van der Waals surface area contributed by atoms with E-state index in [0.717, 1.165) is 5.56 Å². The number of anilines is 1. The molecule has 0 aliphatic carbocycles. The molecule has 0 saturated carbocycles. The summed E-state index contributed by atoms with van der Waals surface area (Å²) in [6.07, 6.45) is 1.57. The number of hydrogen-bond acceptors (Lipinski definition) is 6. The molecule has 0 spiro atoms. The standard InChI is InChI=1S/C15H11N5O2/c16-10-5-2-1-4-9(10)14-17-15(19-18-14)11-8-13(22-20-11)12-6-3-7-21-12/h1-8H,16H2,(H,17,18,19). The van der Waals surface area contributed by atoms with E-state index in [9.17, 15) is 0 Å². The molecule has 0 aliphatic rings. The molecule has 4 aromatic rings. The Labute approximate surface area is 124 Å². The van der Waals surface area contributed by atoms with Gasteiger partial charge in [-0.15, -0.1) is 0 Å². The van der Waals surface area contributed by atoms with Crippen LogP contribution < -0.4 is 5.73 Å². The molecule has 108 valence electrons. The summed E-state index contributed by atoms with van der Waals surface area (Å²) in [7, 11) is 0. The van der Waals surface area contributed by atoms with Crippen LogP contribution in [-0.2, 0) is 0 Å². The number of nitrogens with two attached hydrogens (primary N) is 1. The molecule has 3 aromatic heterocycles. The van der Waals surface area contributed by atoms with E-state index in [1.807, 2.05) is 18.2 Å². The number of para-hydroxylation sites is 1. The van der Waals surface area contributed by atoms with Crippen LogP contribution in [0.2, 0.25) is 0 Å². The minimum Gasteiger partial charge on any atom is -0.461 e. The molecule has 3 heterocycles. The lowest BCUT2D eigenvalue weighted by Gasteiger charge is -1.98. The molecule has 22 heavy (non-hydrogen) atoms. The summed E-state index contributed by atoms with van der Waals surface area (Å²) in [4.78, 5) is 4.41. The monoisotopic (exact) mass is 293 g/mol. The van der Waals surface area contributed by atoms with Crippen LogP contribution in [0, 0.1) is 0 Å². The Morgan fingerprint density at radius 3 is 2.77 bits per heavy atom. The van der Waals surface area contributed by atoms with E-state index in [4.69, 9.17) is 14.7 Å². The van der Waals surface area contributed by atoms with Crippen LogP contribution in [0.3, 0.4) is 0 Å². The predicted octanol–water partition coefficient (Wildman–Crippen LogP) is 2.97. The van der Waals surface area contributed by atoms with Crippen molar-refractivity contribution in [2.45, 2.75) is 0 Å². The molecule has 1 aromatic carbocycles. The van der Waals surface area contributed by atoms with Crippen molar-refractivity contribution in [1.29, 1.82) is 0 Å². The molecule has 0 atom stereocenters. The van der Waals surface area contributed by atoms with Gasteiger partial charge in [0.2, 0.25) is 5.76 Å². The van der Waals surface area contributed by atoms with E-state index in [1.165, 1.54) is 0 Å². The zero-order valence-electron chi connectivity index (χ0n) is 11.4. The van der Waals surface area contributed by atoms with E-state index >= 15 is 0 Å². The number of rotatable bonds is 3. The molecule has 0 saturated heterocycles. The van der Waals surface area contributed by atoms with Gasteiger partial charge in [0.15, 0.2) is 23.1 Å². The second-order valence-corrected chi connectivity index (χ2v) is 4.65. The average Bonchev–Trinajstić information content (AvgIpc) is 3.27. The second kappa shape index (κ2) is 4.88. The highest BCUT2D eigenvalue weighted by Gasteiger charge is 2.15. The van der Waals surface area contributed by atoms with Crippen molar-refractivity contribution < 1.29 is 8.94 Å².